The summed E-state index contributed by atoms with van der Waals surface area (Å²) in [5.41, 5.74) is 4.89. The van der Waals surface area contributed by atoms with Crippen LogP contribution in [0.1, 0.15) is 0 Å². The van der Waals surface area contributed by atoms with E-state index in [0.29, 0.717) is 0 Å². The Kier molecular flexibility index (Phi) is 1.79. The molecule has 0 aromatic carbocycles. The fraction of sp³-hybridized carbons (Fsp3) is 0. The van der Waals surface area contributed by atoms with Gasteiger partial charge in [0.1, 0.15) is 0 Å². The molecule has 4 heteroatoms. The van der Waals surface area contributed by atoms with Gasteiger partial charge in [-0.15, -0.1) is 0 Å². The fourth-order valence-electron chi connectivity index (χ4n) is 0.488. The van der Waals surface area contributed by atoms with Crippen LogP contribution >= 0.6 is 11.8 Å². The Morgan fingerprint density at radius 2 is 2.56 bits per heavy atom. The summed E-state index contributed by atoms with van der Waals surface area (Å²) in [5, 5.41) is -0.380. The van der Waals surface area contributed by atoms with Crippen molar-refractivity contribution in [2.45, 2.75) is 4.90 Å². The van der Waals surface area contributed by atoms with Crippen LogP contribution in [0, 0.1) is 0 Å². The van der Waals surface area contributed by atoms with Gasteiger partial charge in [-0.1, -0.05) is 0 Å². The van der Waals surface area contributed by atoms with E-state index >= 15 is 0 Å². The van der Waals surface area contributed by atoms with Crippen molar-refractivity contribution >= 4 is 17.0 Å². The number of hydrogen-bond donors (Lipinski definition) is 2. The molecule has 1 amide bonds. The summed E-state index contributed by atoms with van der Waals surface area (Å²) >= 11 is 1.01. The summed E-state index contributed by atoms with van der Waals surface area (Å²) in [5.74, 6) is 0. The number of amides is 1. The minimum atomic E-state index is -0.380. The third kappa shape index (κ3) is 1.81. The quantitative estimate of drug-likeness (QED) is 0.578. The van der Waals surface area contributed by atoms with Gasteiger partial charge in [-0.05, 0) is 17.8 Å². The van der Waals surface area contributed by atoms with Crippen molar-refractivity contribution in [2.75, 3.05) is 0 Å². The molecule has 1 rings (SSSR count). The Bertz CT molecular complexity index is 195. The van der Waals surface area contributed by atoms with E-state index in [-0.39, 0.29) is 5.24 Å². The summed E-state index contributed by atoms with van der Waals surface area (Å²) < 4.78 is 0. The predicted octanol–water partition coefficient (Wildman–Crippen LogP) is 1.19. The molecule has 1 aromatic rings. The molecule has 1 heterocycles. The lowest BCUT2D eigenvalue weighted by molar-refractivity contribution is 0.267. The highest BCUT2D eigenvalue weighted by atomic mass is 32.2. The molecular formula is C5H6N2OS. The third-order valence-electron chi connectivity index (χ3n) is 0.788. The minimum absolute atomic E-state index is 0.380. The second-order valence-corrected chi connectivity index (χ2v) is 2.55. The van der Waals surface area contributed by atoms with Crippen molar-refractivity contribution in [1.29, 1.82) is 0 Å². The maximum Gasteiger partial charge on any atom is 0.281 e. The van der Waals surface area contributed by atoms with E-state index in [4.69, 9.17) is 5.73 Å². The van der Waals surface area contributed by atoms with Crippen molar-refractivity contribution < 1.29 is 4.79 Å². The van der Waals surface area contributed by atoms with Crippen LogP contribution < -0.4 is 5.73 Å². The smallest absolute Gasteiger partial charge is 0.281 e. The first kappa shape index (κ1) is 6.22. The summed E-state index contributed by atoms with van der Waals surface area (Å²) in [4.78, 5) is 13.9. The van der Waals surface area contributed by atoms with E-state index in [0.717, 1.165) is 16.7 Å². The minimum Gasteiger partial charge on any atom is -0.367 e. The molecule has 0 radical (unpaired) electrons. The van der Waals surface area contributed by atoms with Crippen molar-refractivity contribution in [3.8, 4) is 0 Å². The molecule has 0 saturated carbocycles. The van der Waals surface area contributed by atoms with Crippen molar-refractivity contribution in [3.05, 3.63) is 18.5 Å². The average molecular weight is 142 g/mol. The summed E-state index contributed by atoms with van der Waals surface area (Å²) in [6, 6.07) is 1.79. The van der Waals surface area contributed by atoms with Gasteiger partial charge in [0.15, 0.2) is 0 Å². The molecule has 0 aliphatic carbocycles. The van der Waals surface area contributed by atoms with Crippen LogP contribution in [0.4, 0.5) is 4.79 Å². The number of aromatic amines is 1. The number of thioether (sulfide) groups is 1. The van der Waals surface area contributed by atoms with Gasteiger partial charge in [0.25, 0.3) is 5.24 Å². The zero-order chi connectivity index (χ0) is 6.69. The lowest BCUT2D eigenvalue weighted by atomic mass is 10.7. The van der Waals surface area contributed by atoms with Crippen LogP contribution in [0.15, 0.2) is 23.4 Å². The maximum absolute atomic E-state index is 10.2. The Hall–Kier alpha value is -0.900. The van der Waals surface area contributed by atoms with Crippen LogP contribution in [0.5, 0.6) is 0 Å². The van der Waals surface area contributed by atoms with E-state index in [2.05, 4.69) is 4.98 Å². The molecule has 0 saturated heterocycles. The largest absolute Gasteiger partial charge is 0.367 e. The monoisotopic (exact) mass is 142 g/mol. The van der Waals surface area contributed by atoms with Crippen LogP contribution in [0.2, 0.25) is 0 Å². The van der Waals surface area contributed by atoms with Crippen molar-refractivity contribution in [1.82, 2.24) is 4.98 Å². The van der Waals surface area contributed by atoms with E-state index in [1.54, 1.807) is 18.5 Å². The number of aromatic nitrogens is 1. The number of carbonyl (C=O) groups excluding carboxylic acids is 1. The second kappa shape index (κ2) is 2.59. The number of hydrogen-bond acceptors (Lipinski definition) is 2. The maximum atomic E-state index is 10.2. The second-order valence-electron chi connectivity index (χ2n) is 1.47. The van der Waals surface area contributed by atoms with Gasteiger partial charge in [0.05, 0.1) is 0 Å². The number of primary amides is 1. The third-order valence-corrected chi connectivity index (χ3v) is 1.48. The Morgan fingerprint density at radius 3 is 3.00 bits per heavy atom. The SMILES string of the molecule is NC(=O)Sc1cc[nH]c1. The Labute approximate surface area is 56.6 Å². The lowest BCUT2D eigenvalue weighted by Gasteiger charge is -1.85. The molecule has 3 nitrogen and oxygen atoms in total. The van der Waals surface area contributed by atoms with Gasteiger partial charge in [-0.25, -0.2) is 0 Å². The summed E-state index contributed by atoms with van der Waals surface area (Å²) in [6.07, 6.45) is 3.46. The molecule has 48 valence electrons. The van der Waals surface area contributed by atoms with Crippen LogP contribution in [0.25, 0.3) is 0 Å². The first-order chi connectivity index (χ1) is 4.29. The number of nitrogens with two attached hydrogens (primary N) is 1. The highest BCUT2D eigenvalue weighted by Gasteiger charge is 1.96. The molecular weight excluding hydrogens is 136 g/mol. The molecule has 9 heavy (non-hydrogen) atoms. The normalized spacial score (nSPS) is 9.33. The number of nitrogens with one attached hydrogen (secondary N) is 1. The van der Waals surface area contributed by atoms with E-state index < -0.39 is 0 Å². The van der Waals surface area contributed by atoms with Gasteiger partial charge in [0.2, 0.25) is 0 Å². The van der Waals surface area contributed by atoms with Crippen LogP contribution in [-0.2, 0) is 0 Å². The number of H-pyrrole nitrogens is 1. The fourth-order valence-corrected chi connectivity index (χ4v) is 0.984. The molecule has 0 aliphatic rings. The lowest BCUT2D eigenvalue weighted by Crippen LogP contribution is -2.00. The molecule has 0 bridgehead atoms. The van der Waals surface area contributed by atoms with Gasteiger partial charge >= 0.3 is 0 Å². The van der Waals surface area contributed by atoms with Crippen LogP contribution in [-0.4, -0.2) is 10.2 Å². The molecule has 0 unspecified atom stereocenters. The van der Waals surface area contributed by atoms with Crippen molar-refractivity contribution in [3.63, 3.8) is 0 Å². The highest BCUT2D eigenvalue weighted by Crippen LogP contribution is 2.15. The molecule has 1 aromatic heterocycles. The average Bonchev–Trinajstić information content (AvgIpc) is 2.15. The molecule has 0 fully saturated rings. The van der Waals surface area contributed by atoms with Gasteiger partial charge in [-0.2, -0.15) is 0 Å². The van der Waals surface area contributed by atoms with Gasteiger partial charge in [-0.3, -0.25) is 4.79 Å². The zero-order valence-corrected chi connectivity index (χ0v) is 5.44. The zero-order valence-electron chi connectivity index (χ0n) is 4.63. The highest BCUT2D eigenvalue weighted by molar-refractivity contribution is 8.13. The molecule has 0 aliphatic heterocycles. The first-order valence-electron chi connectivity index (χ1n) is 2.39. The Balaban J connectivity index is 2.58. The Morgan fingerprint density at radius 1 is 1.78 bits per heavy atom. The van der Waals surface area contributed by atoms with E-state index in [1.165, 1.54) is 0 Å². The first-order valence-corrected chi connectivity index (χ1v) is 3.21. The molecule has 3 N–H and O–H groups in total. The van der Waals surface area contributed by atoms with Crippen LogP contribution in [0.3, 0.4) is 0 Å². The van der Waals surface area contributed by atoms with Crippen molar-refractivity contribution in [2.24, 2.45) is 5.73 Å². The predicted molar refractivity (Wildman–Crippen MR) is 36.2 cm³/mol. The van der Waals surface area contributed by atoms with E-state index in [1.807, 2.05) is 0 Å². The summed E-state index contributed by atoms with van der Waals surface area (Å²) in [6.45, 7) is 0. The summed E-state index contributed by atoms with van der Waals surface area (Å²) in [7, 11) is 0. The number of rotatable bonds is 1. The van der Waals surface area contributed by atoms with E-state index in [9.17, 15) is 4.79 Å². The molecule has 0 spiro atoms. The van der Waals surface area contributed by atoms with Gasteiger partial charge < -0.3 is 10.7 Å². The number of carbonyl (C=O) groups is 1. The molecule has 0 atom stereocenters. The topological polar surface area (TPSA) is 58.9 Å². The van der Waals surface area contributed by atoms with Gasteiger partial charge in [0, 0.05) is 17.3 Å². The standard InChI is InChI=1S/C5H6N2OS/c6-5(8)9-4-1-2-7-3-4/h1-3,7H,(H2,6,8).